The van der Waals surface area contributed by atoms with Crippen molar-refractivity contribution in [3.05, 3.63) is 401 Å². The van der Waals surface area contributed by atoms with E-state index in [1.165, 1.54) is 22.5 Å². The van der Waals surface area contributed by atoms with Crippen molar-refractivity contribution in [3.63, 3.8) is 0 Å². The highest BCUT2D eigenvalue weighted by Crippen LogP contribution is 2.47. The number of methoxy groups -OCH3 is 2. The zero-order chi connectivity index (χ0) is 95.6. The largest absolute Gasteiger partial charge is 0.495 e. The van der Waals surface area contributed by atoms with Gasteiger partial charge in [-0.15, -0.1) is 45.3 Å². The lowest BCUT2D eigenvalue weighted by Crippen LogP contribution is -2.02. The maximum absolute atomic E-state index is 12.8. The number of aryl methyl sites for hydroxylation is 2. The van der Waals surface area contributed by atoms with Gasteiger partial charge in [-0.3, -0.25) is 19.2 Å². The summed E-state index contributed by atoms with van der Waals surface area (Å²) in [6, 6.07) is 110. The normalized spacial score (nSPS) is 11.1. The molecule has 0 aliphatic carbocycles. The first kappa shape index (κ1) is 96.4. The predicted molar refractivity (Wildman–Crippen MR) is 588 cm³/mol. The monoisotopic (exact) mass is 1920 g/mol. The Hall–Kier alpha value is -13.7. The molecule has 0 saturated heterocycles. The highest BCUT2D eigenvalue weighted by atomic mass is 35.5. The van der Waals surface area contributed by atoms with Crippen LogP contribution in [0.25, 0.3) is 145 Å². The average Bonchev–Trinajstić information content (AvgIpc) is 0.756. The number of halogens is 2. The smallest absolute Gasteiger partial charge is 0.197 e. The summed E-state index contributed by atoms with van der Waals surface area (Å²) in [5, 5.41) is 20.3. The summed E-state index contributed by atoms with van der Waals surface area (Å²) in [4.78, 5) is 50.0. The van der Waals surface area contributed by atoms with Crippen molar-refractivity contribution < 1.29 is 33.2 Å². The SMILES string of the molecule is CC(C)c1ccc2sc3ccccc3c(=O)c2c1.CCCCOc1c2ccccc2c(OCCCC)c2ccccc12.CCOc1c2ccccc2c(OCC)c2ccccc12.CCc1ccc(Cl)c2c(=O)c3ccccc3sc12.COc1c2ccccc2c(OC)c2ccccc12.Cc1ccc2sc3ccccc3c(=O)c2c1.O=c1c2ccccc2sc2c(Oc3ccccc3)ccc(Cl)c12. The Morgan fingerprint density at radius 1 is 0.292 bits per heavy atom. The van der Waals surface area contributed by atoms with E-state index in [0.717, 1.165) is 220 Å². The van der Waals surface area contributed by atoms with Gasteiger partial charge in [0.15, 0.2) is 21.7 Å². The van der Waals surface area contributed by atoms with Crippen LogP contribution >= 0.6 is 68.5 Å². The van der Waals surface area contributed by atoms with Crippen LogP contribution in [0.2, 0.25) is 10.0 Å². The fraction of sp³-hybridized carbons (Fsp3) is 0.167. The van der Waals surface area contributed by atoms with Crippen molar-refractivity contribution in [1.82, 2.24) is 0 Å². The third kappa shape index (κ3) is 21.0. The van der Waals surface area contributed by atoms with Gasteiger partial charge in [-0.2, -0.15) is 0 Å². The first-order chi connectivity index (χ1) is 67.0. The van der Waals surface area contributed by atoms with Crippen molar-refractivity contribution in [2.75, 3.05) is 40.6 Å². The fourth-order valence-corrected chi connectivity index (χ4v) is 22.1. The molecule has 17 heteroatoms. The van der Waals surface area contributed by atoms with Gasteiger partial charge in [-0.05, 0) is 160 Å². The number of fused-ring (bicyclic) bond motifs is 14. The number of unbranched alkanes of at least 4 members (excludes halogenated alkanes) is 2. The van der Waals surface area contributed by atoms with E-state index in [4.69, 9.17) is 56.4 Å². The first-order valence-corrected chi connectivity index (χ1v) is 50.3. The van der Waals surface area contributed by atoms with Gasteiger partial charge in [0.2, 0.25) is 0 Å². The molecule has 4 heterocycles. The van der Waals surface area contributed by atoms with Crippen molar-refractivity contribution in [2.24, 2.45) is 0 Å². The molecule has 0 unspecified atom stereocenters. The summed E-state index contributed by atoms with van der Waals surface area (Å²) in [5.41, 5.74) is 3.82. The van der Waals surface area contributed by atoms with E-state index in [2.05, 4.69) is 144 Å². The molecule has 0 radical (unpaired) electrons. The molecule has 0 atom stereocenters. The Balaban J connectivity index is 0.000000116. The quantitative estimate of drug-likeness (QED) is 0.0600. The average molecular weight is 1920 g/mol. The topological polar surface area (TPSA) is 133 Å². The molecule has 0 N–H and O–H groups in total. The Morgan fingerprint density at radius 3 is 0.964 bits per heavy atom. The minimum Gasteiger partial charge on any atom is -0.495 e. The van der Waals surface area contributed by atoms with Gasteiger partial charge in [0.05, 0.1) is 66.2 Å². The van der Waals surface area contributed by atoms with Gasteiger partial charge in [0.1, 0.15) is 46.0 Å². The van der Waals surface area contributed by atoms with Crippen LogP contribution in [-0.2, 0) is 6.42 Å². The number of hydrogen-bond donors (Lipinski definition) is 0. The molecule has 0 bridgehead atoms. The number of hydrogen-bond acceptors (Lipinski definition) is 15. The van der Waals surface area contributed by atoms with Crippen molar-refractivity contribution in [1.29, 1.82) is 0 Å². The Labute approximate surface area is 821 Å². The van der Waals surface area contributed by atoms with Gasteiger partial charge in [-0.25, -0.2) is 0 Å². The molecule has 4 aromatic heterocycles. The summed E-state index contributed by atoms with van der Waals surface area (Å²) in [7, 11) is 3.42. The molecule has 22 aromatic rings. The molecule has 688 valence electrons. The molecule has 0 aliphatic heterocycles. The second-order valence-corrected chi connectivity index (χ2v) is 38.1. The fourth-order valence-electron chi connectivity index (χ4n) is 17.0. The van der Waals surface area contributed by atoms with Crippen LogP contribution in [0.1, 0.15) is 96.8 Å². The molecule has 137 heavy (non-hydrogen) atoms. The lowest BCUT2D eigenvalue weighted by atomic mass is 10.0. The van der Waals surface area contributed by atoms with E-state index in [1.807, 2.05) is 239 Å². The summed E-state index contributed by atoms with van der Waals surface area (Å²) < 4.78 is 49.3. The maximum atomic E-state index is 12.8. The molecule has 22 rings (SSSR count). The third-order valence-corrected chi connectivity index (χ3v) is 29.1. The first-order valence-electron chi connectivity index (χ1n) is 46.2. The summed E-state index contributed by atoms with van der Waals surface area (Å²) >= 11 is 19.0. The summed E-state index contributed by atoms with van der Waals surface area (Å²) in [5.74, 6) is 7.49. The molecule has 11 nitrogen and oxygen atoms in total. The second kappa shape index (κ2) is 45.3. The van der Waals surface area contributed by atoms with E-state index >= 15 is 0 Å². The third-order valence-electron chi connectivity index (χ3n) is 23.7. The highest BCUT2D eigenvalue weighted by molar-refractivity contribution is 7.26. The van der Waals surface area contributed by atoms with Crippen molar-refractivity contribution in [2.45, 2.75) is 93.4 Å². The number of benzene rings is 18. The molecule has 0 aliphatic rings. The van der Waals surface area contributed by atoms with E-state index in [-0.39, 0.29) is 21.7 Å². The summed E-state index contributed by atoms with van der Waals surface area (Å²) in [6.45, 7) is 19.6. The van der Waals surface area contributed by atoms with E-state index in [9.17, 15) is 19.2 Å². The molecule has 0 saturated carbocycles. The molecular formula is C120H104Cl2O11S4. The van der Waals surface area contributed by atoms with Gasteiger partial charge in [0, 0.05) is 130 Å². The number of ether oxygens (including phenoxy) is 7. The van der Waals surface area contributed by atoms with Crippen LogP contribution in [0, 0.1) is 6.92 Å². The van der Waals surface area contributed by atoms with Crippen molar-refractivity contribution >= 4 is 214 Å². The van der Waals surface area contributed by atoms with E-state index < -0.39 is 0 Å². The number of para-hydroxylation sites is 1. The minimum atomic E-state index is -0.0575. The standard InChI is InChI=1S/C22H26O2.C19H11ClO2S.C18H18O2.C16H14O2.C16H14OS.C15H11ClOS.C14H10OS/c1-3-5-15-23-21-17-11-7-9-13-19(17)22(24-16-6-4-2)20-14-10-8-12-18(20)21;20-14-10-11-15(22-12-6-2-1-3-7-12)19-17(14)18(21)13-8-4-5-9-16(13)23-19;1-3-19-17-13-9-5-7-11-15(13)18(20-4-2)16-12-8-6-10-14(16)17;1-17-15-11-7-3-5-9-13(11)16(18-2)14-10-6-4-8-12(14)15;1-10(2)11-7-8-15-13(9-11)16(17)12-5-3-4-6-14(12)18-15;1-2-9-7-8-11(16)13-14(17)10-5-3-4-6-12(10)18-15(9)13;1-9-6-7-13-11(8-9)14(15)10-4-2-3-5-12(10)16-13/h7-14H,3-6,15-16H2,1-2H3;1-11H;5-12H,3-4H2,1-2H3;2*3-10H,1-2H3;3-8H,2H2,1H3;2-8H,1H3. The molecule has 0 amide bonds. The lowest BCUT2D eigenvalue weighted by molar-refractivity contribution is 0.311. The minimum absolute atomic E-state index is 0.0413. The van der Waals surface area contributed by atoms with Gasteiger partial charge < -0.3 is 33.2 Å². The molecular weight excluding hydrogens is 1820 g/mol. The molecule has 0 fully saturated rings. The zero-order valence-corrected chi connectivity index (χ0v) is 82.9. The highest BCUT2D eigenvalue weighted by Gasteiger charge is 2.22. The Bertz CT molecular complexity index is 8060. The zero-order valence-electron chi connectivity index (χ0n) is 78.1. The van der Waals surface area contributed by atoms with Crippen LogP contribution in [0.4, 0.5) is 0 Å². The van der Waals surface area contributed by atoms with E-state index in [1.54, 1.807) is 54.3 Å². The van der Waals surface area contributed by atoms with Crippen molar-refractivity contribution in [3.8, 4) is 46.0 Å². The van der Waals surface area contributed by atoms with Gasteiger partial charge >= 0.3 is 0 Å². The Morgan fingerprint density at radius 2 is 0.599 bits per heavy atom. The van der Waals surface area contributed by atoms with Crippen LogP contribution < -0.4 is 54.9 Å². The predicted octanol–water partition coefficient (Wildman–Crippen LogP) is 33.9. The van der Waals surface area contributed by atoms with Crippen LogP contribution in [0.5, 0.6) is 46.0 Å². The molecule has 18 aromatic carbocycles. The summed E-state index contributed by atoms with van der Waals surface area (Å²) in [6.07, 6.45) is 5.30. The second-order valence-electron chi connectivity index (χ2n) is 33.0. The maximum Gasteiger partial charge on any atom is 0.197 e. The van der Waals surface area contributed by atoms with Gasteiger partial charge in [-0.1, -0.05) is 307 Å². The van der Waals surface area contributed by atoms with Crippen LogP contribution in [-0.4, -0.2) is 40.6 Å². The Kier molecular flexibility index (Phi) is 31.9. The van der Waals surface area contributed by atoms with E-state index in [0.29, 0.717) is 51.1 Å². The molecule has 0 spiro atoms. The van der Waals surface area contributed by atoms with Gasteiger partial charge in [0.25, 0.3) is 0 Å². The number of rotatable bonds is 18. The van der Waals surface area contributed by atoms with Crippen LogP contribution in [0.3, 0.4) is 0 Å². The lowest BCUT2D eigenvalue weighted by Gasteiger charge is -2.17. The van der Waals surface area contributed by atoms with Crippen LogP contribution in [0.15, 0.2) is 353 Å².